The summed E-state index contributed by atoms with van der Waals surface area (Å²) in [5.41, 5.74) is 15.4. The Bertz CT molecular complexity index is 1620. The minimum absolute atomic E-state index is 1.08. The molecule has 0 unspecified atom stereocenters. The largest absolute Gasteiger partial charge is 0.313 e. The van der Waals surface area contributed by atoms with Crippen LogP contribution in [0.1, 0.15) is 40.1 Å². The molecule has 2 aromatic carbocycles. The monoisotopic (exact) mass is 427 g/mol. The van der Waals surface area contributed by atoms with Crippen LogP contribution in [0.4, 0.5) is 0 Å². The van der Waals surface area contributed by atoms with Crippen molar-refractivity contribution in [3.63, 3.8) is 0 Å². The van der Waals surface area contributed by atoms with Gasteiger partial charge in [-0.25, -0.2) is 0 Å². The molecule has 0 amide bonds. The van der Waals surface area contributed by atoms with Crippen LogP contribution in [0.15, 0.2) is 78.2 Å². The molecule has 0 saturated heterocycles. The fraction of sp³-hybridized carbons (Fsp3) is 0.133. The second-order valence-electron chi connectivity index (χ2n) is 8.61. The zero-order valence-corrected chi connectivity index (χ0v) is 18.5. The maximum absolute atomic E-state index is 3.22. The average molecular weight is 428 g/mol. The summed E-state index contributed by atoms with van der Waals surface area (Å²) in [6.45, 7) is 0. The van der Waals surface area contributed by atoms with Gasteiger partial charge in [-0.1, -0.05) is 60.0 Å². The van der Waals surface area contributed by atoms with Crippen molar-refractivity contribution in [3.05, 3.63) is 106 Å². The van der Waals surface area contributed by atoms with Gasteiger partial charge in [-0.2, -0.15) is 0 Å². The normalized spacial score (nSPS) is 16.1. The Kier molecular flexibility index (Phi) is 3.95. The minimum atomic E-state index is 1.08. The summed E-state index contributed by atoms with van der Waals surface area (Å²) in [7, 11) is 0. The SMILES string of the molecule is C1=C=C(c2ccc(-n3c4c(c5c6sc7c(c6ccc53)C=CCC7)C=CCC4)cc2)C=CC=1. The number of hydrogen-bond acceptors (Lipinski definition) is 1. The molecule has 0 aliphatic heterocycles. The van der Waals surface area contributed by atoms with Crippen LogP contribution in [0.2, 0.25) is 0 Å². The number of allylic oxidation sites excluding steroid dienone is 6. The Labute approximate surface area is 191 Å². The van der Waals surface area contributed by atoms with E-state index in [1.165, 1.54) is 60.4 Å². The van der Waals surface area contributed by atoms with Crippen molar-refractivity contribution < 1.29 is 0 Å². The van der Waals surface area contributed by atoms with Crippen molar-refractivity contribution in [2.45, 2.75) is 25.7 Å². The van der Waals surface area contributed by atoms with E-state index in [0.717, 1.165) is 24.8 Å². The van der Waals surface area contributed by atoms with Gasteiger partial charge >= 0.3 is 0 Å². The van der Waals surface area contributed by atoms with Crippen LogP contribution in [0.25, 0.3) is 44.4 Å². The molecule has 3 aliphatic rings. The number of nitrogens with zero attached hydrogens (tertiary/aromatic N) is 1. The van der Waals surface area contributed by atoms with E-state index in [4.69, 9.17) is 0 Å². The molecule has 0 bridgehead atoms. The predicted molar refractivity (Wildman–Crippen MR) is 138 cm³/mol. The summed E-state index contributed by atoms with van der Waals surface area (Å²) in [6.07, 6.45) is 19.9. The molecule has 32 heavy (non-hydrogen) atoms. The Morgan fingerprint density at radius 2 is 1.69 bits per heavy atom. The van der Waals surface area contributed by atoms with E-state index in [2.05, 4.69) is 82.8 Å². The third-order valence-electron chi connectivity index (χ3n) is 6.78. The lowest BCUT2D eigenvalue weighted by Crippen LogP contribution is -2.03. The fourth-order valence-electron chi connectivity index (χ4n) is 5.31. The molecule has 152 valence electrons. The summed E-state index contributed by atoms with van der Waals surface area (Å²) < 4.78 is 3.94. The predicted octanol–water partition coefficient (Wildman–Crippen LogP) is 8.03. The molecule has 2 heteroatoms. The Morgan fingerprint density at radius 1 is 0.844 bits per heavy atom. The number of thiophene rings is 1. The van der Waals surface area contributed by atoms with E-state index in [9.17, 15) is 0 Å². The van der Waals surface area contributed by atoms with Crippen LogP contribution in [-0.2, 0) is 12.8 Å². The number of fused-ring (bicyclic) bond motifs is 7. The van der Waals surface area contributed by atoms with Crippen LogP contribution in [0.5, 0.6) is 0 Å². The smallest absolute Gasteiger partial charge is 0.0552 e. The van der Waals surface area contributed by atoms with E-state index in [0.29, 0.717) is 0 Å². The van der Waals surface area contributed by atoms with Gasteiger partial charge in [-0.3, -0.25) is 0 Å². The van der Waals surface area contributed by atoms with Crippen LogP contribution in [0, 0.1) is 0 Å². The molecule has 0 saturated carbocycles. The van der Waals surface area contributed by atoms with E-state index < -0.39 is 0 Å². The highest BCUT2D eigenvalue weighted by Gasteiger charge is 2.23. The van der Waals surface area contributed by atoms with Gasteiger partial charge in [0, 0.05) is 42.9 Å². The second-order valence-corrected chi connectivity index (χ2v) is 9.71. The van der Waals surface area contributed by atoms with E-state index >= 15 is 0 Å². The quantitative estimate of drug-likeness (QED) is 0.285. The number of benzene rings is 2. The third kappa shape index (κ3) is 2.58. The second kappa shape index (κ2) is 6.99. The Hall–Kier alpha value is -3.54. The van der Waals surface area contributed by atoms with Crippen LogP contribution < -0.4 is 0 Å². The lowest BCUT2D eigenvalue weighted by atomic mass is 9.99. The third-order valence-corrected chi connectivity index (χ3v) is 8.08. The first-order chi connectivity index (χ1) is 15.9. The first-order valence-corrected chi connectivity index (χ1v) is 12.1. The lowest BCUT2D eigenvalue weighted by Gasteiger charge is -2.14. The maximum atomic E-state index is 3.22. The Balaban J connectivity index is 1.48. The molecule has 0 N–H and O–H groups in total. The first kappa shape index (κ1) is 18.1. The summed E-state index contributed by atoms with van der Waals surface area (Å²) in [5.74, 6) is 0. The number of aromatic nitrogens is 1. The van der Waals surface area contributed by atoms with Gasteiger partial charge in [0.1, 0.15) is 0 Å². The molecule has 0 spiro atoms. The van der Waals surface area contributed by atoms with E-state index in [-0.39, 0.29) is 0 Å². The summed E-state index contributed by atoms with van der Waals surface area (Å²) in [5, 5.41) is 2.84. The molecule has 3 aliphatic carbocycles. The molecule has 0 radical (unpaired) electrons. The van der Waals surface area contributed by atoms with Crippen molar-refractivity contribution in [3.8, 4) is 5.69 Å². The van der Waals surface area contributed by atoms with Gasteiger partial charge in [0.2, 0.25) is 0 Å². The fourth-order valence-corrected chi connectivity index (χ4v) is 6.67. The van der Waals surface area contributed by atoms with E-state index in [1.807, 2.05) is 23.5 Å². The Morgan fingerprint density at radius 3 is 2.53 bits per heavy atom. The molecular formula is C30H21NS. The van der Waals surface area contributed by atoms with Crippen molar-refractivity contribution in [1.29, 1.82) is 0 Å². The zero-order chi connectivity index (χ0) is 21.1. The number of rotatable bonds is 2. The molecule has 1 nitrogen and oxygen atoms in total. The lowest BCUT2D eigenvalue weighted by molar-refractivity contribution is 0.888. The molecule has 2 aromatic heterocycles. The molecule has 4 aromatic rings. The van der Waals surface area contributed by atoms with Crippen LogP contribution in [-0.4, -0.2) is 4.57 Å². The van der Waals surface area contributed by atoms with Gasteiger partial charge in [-0.15, -0.1) is 11.3 Å². The highest BCUT2D eigenvalue weighted by atomic mass is 32.1. The van der Waals surface area contributed by atoms with Gasteiger partial charge < -0.3 is 4.57 Å². The number of aryl methyl sites for hydroxylation is 1. The van der Waals surface area contributed by atoms with Gasteiger partial charge in [0.05, 0.1) is 5.52 Å². The molecular weight excluding hydrogens is 406 g/mol. The van der Waals surface area contributed by atoms with Crippen molar-refractivity contribution in [2.75, 3.05) is 0 Å². The van der Waals surface area contributed by atoms with E-state index in [1.54, 1.807) is 0 Å². The first-order valence-electron chi connectivity index (χ1n) is 11.3. The summed E-state index contributed by atoms with van der Waals surface area (Å²) in [6, 6.07) is 13.6. The van der Waals surface area contributed by atoms with Gasteiger partial charge in [-0.05, 0) is 67.2 Å². The number of hydrogen-bond donors (Lipinski definition) is 0. The summed E-state index contributed by atoms with van der Waals surface area (Å²) >= 11 is 2.00. The van der Waals surface area contributed by atoms with Gasteiger partial charge in [0.15, 0.2) is 0 Å². The standard InChI is InChI=1S/C30H21NS/c1-2-8-20(9-3-1)21-14-16-22(17-15-21)31-26-12-6-4-11-25(26)29-27(31)19-18-24-23-10-5-7-13-28(23)32-30(24)29/h1-2,4-5,8,10-11,14-19H,6-7,12-13H2. The summed E-state index contributed by atoms with van der Waals surface area (Å²) in [4.78, 5) is 1.54. The maximum Gasteiger partial charge on any atom is 0.0552 e. The molecule has 2 heterocycles. The molecule has 0 fully saturated rings. The van der Waals surface area contributed by atoms with Crippen molar-refractivity contribution >= 4 is 50.1 Å². The topological polar surface area (TPSA) is 4.93 Å². The highest BCUT2D eigenvalue weighted by Crippen LogP contribution is 2.44. The van der Waals surface area contributed by atoms with Gasteiger partial charge in [0.25, 0.3) is 0 Å². The molecule has 0 atom stereocenters. The average Bonchev–Trinajstić information content (AvgIpc) is 3.40. The van der Waals surface area contributed by atoms with Crippen molar-refractivity contribution in [1.82, 2.24) is 4.57 Å². The minimum Gasteiger partial charge on any atom is -0.313 e. The van der Waals surface area contributed by atoms with Crippen molar-refractivity contribution in [2.24, 2.45) is 0 Å². The molecule has 7 rings (SSSR count). The zero-order valence-electron chi connectivity index (χ0n) is 17.7. The highest BCUT2D eigenvalue weighted by molar-refractivity contribution is 7.20. The van der Waals surface area contributed by atoms with Crippen LogP contribution in [0.3, 0.4) is 0 Å². The van der Waals surface area contributed by atoms with Crippen LogP contribution >= 0.6 is 11.3 Å².